The quantitative estimate of drug-likeness (QED) is 0.557. The summed E-state index contributed by atoms with van der Waals surface area (Å²) >= 11 is 0. The van der Waals surface area contributed by atoms with Crippen LogP contribution in [0.25, 0.3) is 10.9 Å². The Morgan fingerprint density at radius 3 is 2.52 bits per heavy atom. The normalized spacial score (nSPS) is 11.3. The summed E-state index contributed by atoms with van der Waals surface area (Å²) in [5, 5.41) is 3.50. The van der Waals surface area contributed by atoms with Crippen molar-refractivity contribution >= 4 is 38.2 Å². The van der Waals surface area contributed by atoms with Gasteiger partial charge in [0.05, 0.1) is 11.3 Å². The highest BCUT2D eigenvalue weighted by molar-refractivity contribution is 7.91. The lowest BCUT2D eigenvalue weighted by Crippen LogP contribution is -2.22. The number of hydrogen-bond acceptors (Lipinski definition) is 6. The van der Waals surface area contributed by atoms with Crippen molar-refractivity contribution in [2.45, 2.75) is 25.8 Å². The van der Waals surface area contributed by atoms with Gasteiger partial charge >= 0.3 is 6.09 Å². The number of nitrogens with zero attached hydrogens (tertiary/aromatic N) is 2. The summed E-state index contributed by atoms with van der Waals surface area (Å²) in [6.45, 7) is 7.60. The van der Waals surface area contributed by atoms with Gasteiger partial charge in [-0.15, -0.1) is 0 Å². The molecule has 2 aromatic carbocycles. The van der Waals surface area contributed by atoms with Crippen LogP contribution in [0.2, 0.25) is 0 Å². The van der Waals surface area contributed by atoms with E-state index in [9.17, 15) is 13.2 Å². The second-order valence-electron chi connectivity index (χ2n) is 7.09. The third kappa shape index (κ3) is 5.52. The van der Waals surface area contributed by atoms with Gasteiger partial charge < -0.3 is 9.64 Å². The van der Waals surface area contributed by atoms with Crippen molar-refractivity contribution in [1.29, 1.82) is 0 Å². The molecule has 0 aliphatic carbocycles. The molecule has 1 heterocycles. The van der Waals surface area contributed by atoms with Crippen LogP contribution in [0.4, 0.5) is 16.2 Å². The molecular weight excluding hydrogens is 414 g/mol. The van der Waals surface area contributed by atoms with E-state index in [-0.39, 0.29) is 17.4 Å². The van der Waals surface area contributed by atoms with Gasteiger partial charge in [-0.05, 0) is 62.7 Å². The van der Waals surface area contributed by atoms with E-state index >= 15 is 0 Å². The number of ether oxygens (including phenoxy) is 1. The number of amides is 1. The summed E-state index contributed by atoms with van der Waals surface area (Å²) in [4.78, 5) is 18.6. The lowest BCUT2D eigenvalue weighted by molar-refractivity contribution is 0.168. The second kappa shape index (κ2) is 9.78. The van der Waals surface area contributed by atoms with Crippen molar-refractivity contribution in [2.75, 3.05) is 35.7 Å². The molecule has 0 saturated heterocycles. The first-order chi connectivity index (χ1) is 14.8. The van der Waals surface area contributed by atoms with Gasteiger partial charge in [0.25, 0.3) is 0 Å². The number of sulfone groups is 1. The number of pyridine rings is 1. The number of aromatic nitrogens is 1. The predicted octanol–water partition coefficient (Wildman–Crippen LogP) is 4.41. The van der Waals surface area contributed by atoms with Crippen molar-refractivity contribution in [2.24, 2.45) is 0 Å². The van der Waals surface area contributed by atoms with E-state index in [1.807, 2.05) is 37.3 Å². The molecule has 0 saturated carbocycles. The molecule has 0 radical (unpaired) electrons. The van der Waals surface area contributed by atoms with E-state index in [4.69, 9.17) is 4.74 Å². The minimum Gasteiger partial charge on any atom is -0.448 e. The second-order valence-corrected chi connectivity index (χ2v) is 9.15. The summed E-state index contributed by atoms with van der Waals surface area (Å²) in [7, 11) is -3.67. The zero-order valence-electron chi connectivity index (χ0n) is 18.0. The van der Waals surface area contributed by atoms with Gasteiger partial charge in [0, 0.05) is 29.9 Å². The zero-order chi connectivity index (χ0) is 22.4. The molecule has 3 rings (SSSR count). The Morgan fingerprint density at radius 1 is 1.06 bits per heavy atom. The molecule has 164 valence electrons. The maximum atomic E-state index is 12.5. The van der Waals surface area contributed by atoms with Crippen molar-refractivity contribution in [3.63, 3.8) is 0 Å². The first kappa shape index (κ1) is 22.6. The molecule has 0 spiro atoms. The Balaban J connectivity index is 1.58. The molecule has 3 aromatic rings. The lowest BCUT2D eigenvalue weighted by atomic mass is 10.1. The van der Waals surface area contributed by atoms with E-state index < -0.39 is 15.9 Å². The fourth-order valence-electron chi connectivity index (χ4n) is 3.29. The van der Waals surface area contributed by atoms with Gasteiger partial charge in [-0.2, -0.15) is 0 Å². The highest BCUT2D eigenvalue weighted by atomic mass is 32.2. The average Bonchev–Trinajstić information content (AvgIpc) is 2.76. The molecule has 0 fully saturated rings. The van der Waals surface area contributed by atoms with Crippen LogP contribution in [0.15, 0.2) is 59.6 Å². The van der Waals surface area contributed by atoms with Crippen LogP contribution in [0, 0.1) is 6.92 Å². The number of hydrogen-bond donors (Lipinski definition) is 1. The number of carbonyl (C=O) groups excluding carboxylic acids is 1. The highest BCUT2D eigenvalue weighted by Crippen LogP contribution is 2.23. The molecule has 0 bridgehead atoms. The SMILES string of the molecule is CCN(CC)c1ccc(NC(=O)OCCS(=O)(=O)c2ccc3ccccc3n2)c(C)c1. The van der Waals surface area contributed by atoms with Crippen LogP contribution in [0.5, 0.6) is 0 Å². The fourth-order valence-corrected chi connectivity index (χ4v) is 4.31. The Labute approximate surface area is 183 Å². The van der Waals surface area contributed by atoms with E-state index in [0.717, 1.165) is 29.7 Å². The van der Waals surface area contributed by atoms with Crippen LogP contribution in [0.3, 0.4) is 0 Å². The Bertz CT molecular complexity index is 1170. The number of benzene rings is 2. The molecule has 1 aromatic heterocycles. The minimum absolute atomic E-state index is 0.0296. The lowest BCUT2D eigenvalue weighted by Gasteiger charge is -2.22. The number of anilines is 2. The van der Waals surface area contributed by atoms with Gasteiger partial charge in [-0.25, -0.2) is 18.2 Å². The van der Waals surface area contributed by atoms with E-state index in [1.165, 1.54) is 6.07 Å². The predicted molar refractivity (Wildman–Crippen MR) is 124 cm³/mol. The van der Waals surface area contributed by atoms with Crippen LogP contribution in [0.1, 0.15) is 19.4 Å². The van der Waals surface area contributed by atoms with Crippen molar-refractivity contribution < 1.29 is 17.9 Å². The van der Waals surface area contributed by atoms with Gasteiger partial charge in [0.1, 0.15) is 6.61 Å². The third-order valence-corrected chi connectivity index (χ3v) is 6.62. The largest absolute Gasteiger partial charge is 0.448 e. The first-order valence-electron chi connectivity index (χ1n) is 10.2. The van der Waals surface area contributed by atoms with Gasteiger partial charge in [0.15, 0.2) is 14.9 Å². The van der Waals surface area contributed by atoms with Gasteiger partial charge in [0.2, 0.25) is 0 Å². The topological polar surface area (TPSA) is 88.6 Å². The number of nitrogens with one attached hydrogen (secondary N) is 1. The average molecular weight is 442 g/mol. The number of rotatable bonds is 8. The van der Waals surface area contributed by atoms with Crippen LogP contribution >= 0.6 is 0 Å². The molecule has 31 heavy (non-hydrogen) atoms. The molecule has 0 aliphatic heterocycles. The standard InChI is InChI=1S/C23H27N3O4S/c1-4-26(5-2)19-11-12-20(17(3)16-19)25-23(27)30-14-15-31(28,29)22-13-10-18-8-6-7-9-21(18)24-22/h6-13,16H,4-5,14-15H2,1-3H3,(H,25,27). The van der Waals surface area contributed by atoms with Crippen LogP contribution < -0.4 is 10.2 Å². The fraction of sp³-hybridized carbons (Fsp3) is 0.304. The van der Waals surface area contributed by atoms with Crippen molar-refractivity contribution in [3.8, 4) is 0 Å². The molecule has 7 nitrogen and oxygen atoms in total. The summed E-state index contributed by atoms with van der Waals surface area (Å²) in [6.07, 6.45) is -0.694. The monoisotopic (exact) mass is 441 g/mol. The van der Waals surface area contributed by atoms with Gasteiger partial charge in [-0.1, -0.05) is 18.2 Å². The molecule has 0 atom stereocenters. The molecule has 8 heteroatoms. The zero-order valence-corrected chi connectivity index (χ0v) is 18.8. The minimum atomic E-state index is -3.67. The van der Waals surface area contributed by atoms with Crippen molar-refractivity contribution in [1.82, 2.24) is 4.98 Å². The number of aryl methyl sites for hydroxylation is 1. The van der Waals surface area contributed by atoms with Crippen LogP contribution in [-0.4, -0.2) is 44.9 Å². The van der Waals surface area contributed by atoms with Crippen LogP contribution in [-0.2, 0) is 14.6 Å². The van der Waals surface area contributed by atoms with E-state index in [0.29, 0.717) is 11.2 Å². The Kier molecular flexibility index (Phi) is 7.12. The Morgan fingerprint density at radius 2 is 1.81 bits per heavy atom. The van der Waals surface area contributed by atoms with Gasteiger partial charge in [-0.3, -0.25) is 5.32 Å². The van der Waals surface area contributed by atoms with E-state index in [1.54, 1.807) is 18.2 Å². The van der Waals surface area contributed by atoms with E-state index in [2.05, 4.69) is 29.0 Å². The molecule has 1 amide bonds. The summed E-state index contributed by atoms with van der Waals surface area (Å²) in [5.41, 5.74) is 3.20. The first-order valence-corrected chi connectivity index (χ1v) is 11.9. The summed E-state index contributed by atoms with van der Waals surface area (Å²) in [6, 6.07) is 16.2. The molecule has 1 N–H and O–H groups in total. The maximum Gasteiger partial charge on any atom is 0.411 e. The number of carbonyl (C=O) groups is 1. The summed E-state index contributed by atoms with van der Waals surface area (Å²) in [5.74, 6) is -0.342. The number of fused-ring (bicyclic) bond motifs is 1. The highest BCUT2D eigenvalue weighted by Gasteiger charge is 2.18. The smallest absolute Gasteiger partial charge is 0.411 e. The third-order valence-electron chi connectivity index (χ3n) is 5.05. The molecule has 0 aliphatic rings. The Hall–Kier alpha value is -3.13. The molecular formula is C23H27N3O4S. The maximum absolute atomic E-state index is 12.5. The molecule has 0 unspecified atom stereocenters. The summed E-state index contributed by atoms with van der Waals surface area (Å²) < 4.78 is 30.2. The van der Waals surface area contributed by atoms with Crippen molar-refractivity contribution in [3.05, 3.63) is 60.2 Å². The number of para-hydroxylation sites is 1.